The number of halogens is 4. The maximum absolute atomic E-state index is 12.6. The molecular weight excluding hydrogens is 267 g/mol. The molecule has 1 aromatic carbocycles. The summed E-state index contributed by atoms with van der Waals surface area (Å²) in [6.45, 7) is 1.92. The van der Waals surface area contributed by atoms with Crippen molar-refractivity contribution in [1.29, 1.82) is 0 Å². The molecule has 1 N–H and O–H groups in total. The summed E-state index contributed by atoms with van der Waals surface area (Å²) in [7, 11) is 0. The van der Waals surface area contributed by atoms with E-state index in [0.29, 0.717) is 5.92 Å². The number of anilines is 1. The Morgan fingerprint density at radius 3 is 2.56 bits per heavy atom. The average molecular weight is 278 g/mol. The fraction of sp³-hybridized carbons (Fsp3) is 0.417. The van der Waals surface area contributed by atoms with Gasteiger partial charge in [0.15, 0.2) is 0 Å². The van der Waals surface area contributed by atoms with Crippen molar-refractivity contribution in [3.63, 3.8) is 0 Å². The van der Waals surface area contributed by atoms with E-state index in [2.05, 4.69) is 5.32 Å². The Morgan fingerprint density at radius 1 is 1.44 bits per heavy atom. The molecule has 2 nitrogen and oxygen atoms in total. The summed E-state index contributed by atoms with van der Waals surface area (Å²) in [5.74, 6) is -0.0210. The molecule has 0 unspecified atom stereocenters. The van der Waals surface area contributed by atoms with Crippen LogP contribution in [0.4, 0.5) is 18.9 Å². The lowest BCUT2D eigenvalue weighted by Crippen LogP contribution is -2.15. The molecule has 1 fully saturated rings. The number of alkyl halides is 3. The second kappa shape index (κ2) is 4.46. The van der Waals surface area contributed by atoms with E-state index < -0.39 is 11.7 Å². The van der Waals surface area contributed by atoms with E-state index >= 15 is 0 Å². The second-order valence-electron chi connectivity index (χ2n) is 4.50. The van der Waals surface area contributed by atoms with Gasteiger partial charge in [-0.15, -0.1) is 0 Å². The van der Waals surface area contributed by atoms with Crippen LogP contribution in [-0.2, 0) is 11.0 Å². The van der Waals surface area contributed by atoms with Gasteiger partial charge in [0.05, 0.1) is 10.6 Å². The topological polar surface area (TPSA) is 29.1 Å². The lowest BCUT2D eigenvalue weighted by Gasteiger charge is -2.11. The molecule has 0 heterocycles. The molecule has 98 valence electrons. The van der Waals surface area contributed by atoms with Gasteiger partial charge in [-0.1, -0.05) is 18.5 Å². The lowest BCUT2D eigenvalue weighted by atomic mass is 10.2. The predicted octanol–water partition coefficient (Wildman–Crippen LogP) is 3.95. The zero-order valence-corrected chi connectivity index (χ0v) is 10.3. The van der Waals surface area contributed by atoms with Crippen molar-refractivity contribution in [3.8, 4) is 0 Å². The third-order valence-electron chi connectivity index (χ3n) is 2.99. The first-order valence-corrected chi connectivity index (χ1v) is 5.84. The highest BCUT2D eigenvalue weighted by molar-refractivity contribution is 6.31. The average Bonchev–Trinajstić information content (AvgIpc) is 2.97. The van der Waals surface area contributed by atoms with Gasteiger partial charge in [0.2, 0.25) is 5.91 Å². The van der Waals surface area contributed by atoms with E-state index in [1.165, 1.54) is 6.07 Å². The van der Waals surface area contributed by atoms with Gasteiger partial charge < -0.3 is 5.32 Å². The molecule has 1 aliphatic carbocycles. The quantitative estimate of drug-likeness (QED) is 0.871. The molecular formula is C12H11ClF3NO. The molecule has 1 aliphatic rings. The summed E-state index contributed by atoms with van der Waals surface area (Å²) < 4.78 is 37.8. The Balaban J connectivity index is 2.17. The van der Waals surface area contributed by atoms with Gasteiger partial charge in [-0.05, 0) is 30.5 Å². The number of hydrogen-bond acceptors (Lipinski definition) is 1. The summed E-state index contributed by atoms with van der Waals surface area (Å²) in [6, 6.07) is 3.35. The van der Waals surface area contributed by atoms with Gasteiger partial charge in [0.1, 0.15) is 0 Å². The minimum Gasteiger partial charge on any atom is -0.326 e. The molecule has 18 heavy (non-hydrogen) atoms. The SMILES string of the molecule is C[C@H]1C[C@@H]1C(=O)Nc1ccc(Cl)c(C(F)(F)F)c1. The molecule has 0 aliphatic heterocycles. The van der Waals surface area contributed by atoms with Crippen LogP contribution in [0.1, 0.15) is 18.9 Å². The predicted molar refractivity (Wildman–Crippen MR) is 62.4 cm³/mol. The Labute approximate surface area is 107 Å². The molecule has 0 bridgehead atoms. The van der Waals surface area contributed by atoms with Crippen LogP contribution in [0, 0.1) is 11.8 Å². The fourth-order valence-electron chi connectivity index (χ4n) is 1.74. The summed E-state index contributed by atoms with van der Waals surface area (Å²) in [5.41, 5.74) is -0.818. The molecule has 2 rings (SSSR count). The zero-order valence-electron chi connectivity index (χ0n) is 9.51. The maximum atomic E-state index is 12.6. The van der Waals surface area contributed by atoms with Crippen molar-refractivity contribution in [3.05, 3.63) is 28.8 Å². The van der Waals surface area contributed by atoms with Crippen molar-refractivity contribution >= 4 is 23.2 Å². The van der Waals surface area contributed by atoms with Crippen LogP contribution in [0.2, 0.25) is 5.02 Å². The Hall–Kier alpha value is -1.23. The number of nitrogens with one attached hydrogen (secondary N) is 1. The fourth-order valence-corrected chi connectivity index (χ4v) is 1.97. The van der Waals surface area contributed by atoms with Crippen molar-refractivity contribution in [2.45, 2.75) is 19.5 Å². The van der Waals surface area contributed by atoms with E-state index in [9.17, 15) is 18.0 Å². The van der Waals surface area contributed by atoms with E-state index in [0.717, 1.165) is 18.6 Å². The summed E-state index contributed by atoms with van der Waals surface area (Å²) >= 11 is 5.48. The number of hydrogen-bond donors (Lipinski definition) is 1. The van der Waals surface area contributed by atoms with Gasteiger partial charge in [-0.3, -0.25) is 4.79 Å². The molecule has 0 spiro atoms. The minimum absolute atomic E-state index is 0.0879. The van der Waals surface area contributed by atoms with Crippen LogP contribution in [0.25, 0.3) is 0 Å². The van der Waals surface area contributed by atoms with Gasteiger partial charge in [-0.2, -0.15) is 13.2 Å². The summed E-state index contributed by atoms with van der Waals surface area (Å²) in [5, 5.41) is 2.10. The van der Waals surface area contributed by atoms with Gasteiger partial charge >= 0.3 is 6.18 Å². The molecule has 1 amide bonds. The first-order chi connectivity index (χ1) is 8.29. The van der Waals surface area contributed by atoms with Crippen LogP contribution in [0.5, 0.6) is 0 Å². The molecule has 2 atom stereocenters. The molecule has 0 saturated heterocycles. The Bertz CT molecular complexity index is 487. The number of benzene rings is 1. The summed E-state index contributed by atoms with van der Waals surface area (Å²) in [6.07, 6.45) is -3.74. The number of carbonyl (C=O) groups excluding carboxylic acids is 1. The van der Waals surface area contributed by atoms with E-state index in [1.807, 2.05) is 6.92 Å². The minimum atomic E-state index is -4.52. The lowest BCUT2D eigenvalue weighted by molar-refractivity contribution is -0.137. The third-order valence-corrected chi connectivity index (χ3v) is 3.32. The maximum Gasteiger partial charge on any atom is 0.417 e. The van der Waals surface area contributed by atoms with Crippen molar-refractivity contribution in [2.24, 2.45) is 11.8 Å². The van der Waals surface area contributed by atoms with Crippen LogP contribution in [0.3, 0.4) is 0 Å². The van der Waals surface area contributed by atoms with Gasteiger partial charge in [0.25, 0.3) is 0 Å². The standard InChI is InChI=1S/C12H11ClF3NO/c1-6-4-8(6)11(18)17-7-2-3-10(13)9(5-7)12(14,15)16/h2-3,5-6,8H,4H2,1H3,(H,17,18)/t6-,8-/m0/s1. The highest BCUT2D eigenvalue weighted by atomic mass is 35.5. The van der Waals surface area contributed by atoms with Gasteiger partial charge in [-0.25, -0.2) is 0 Å². The van der Waals surface area contributed by atoms with Crippen LogP contribution < -0.4 is 5.32 Å². The first-order valence-electron chi connectivity index (χ1n) is 5.46. The normalized spacial score (nSPS) is 22.7. The Morgan fingerprint density at radius 2 is 2.06 bits per heavy atom. The zero-order chi connectivity index (χ0) is 13.5. The van der Waals surface area contributed by atoms with Crippen LogP contribution in [-0.4, -0.2) is 5.91 Å². The van der Waals surface area contributed by atoms with Crippen molar-refractivity contribution in [2.75, 3.05) is 5.32 Å². The molecule has 1 aromatic rings. The molecule has 1 saturated carbocycles. The smallest absolute Gasteiger partial charge is 0.326 e. The number of rotatable bonds is 2. The van der Waals surface area contributed by atoms with Crippen LogP contribution in [0.15, 0.2) is 18.2 Å². The van der Waals surface area contributed by atoms with E-state index in [1.54, 1.807) is 0 Å². The van der Waals surface area contributed by atoms with Gasteiger partial charge in [0, 0.05) is 11.6 Å². The molecule has 0 aromatic heterocycles. The highest BCUT2D eigenvalue weighted by Gasteiger charge is 2.39. The first kappa shape index (κ1) is 13.2. The number of carbonyl (C=O) groups is 1. The Kier molecular flexibility index (Phi) is 3.27. The summed E-state index contributed by atoms with van der Waals surface area (Å²) in [4.78, 5) is 11.6. The monoisotopic (exact) mass is 277 g/mol. The van der Waals surface area contributed by atoms with E-state index in [-0.39, 0.29) is 22.5 Å². The molecule has 6 heteroatoms. The largest absolute Gasteiger partial charge is 0.417 e. The van der Waals surface area contributed by atoms with Crippen molar-refractivity contribution < 1.29 is 18.0 Å². The highest BCUT2D eigenvalue weighted by Crippen LogP contribution is 2.39. The third kappa shape index (κ3) is 2.77. The van der Waals surface area contributed by atoms with E-state index in [4.69, 9.17) is 11.6 Å². The molecule has 0 radical (unpaired) electrons. The van der Waals surface area contributed by atoms with Crippen molar-refractivity contribution in [1.82, 2.24) is 0 Å². The second-order valence-corrected chi connectivity index (χ2v) is 4.91. The number of amides is 1. The van der Waals surface area contributed by atoms with Crippen LogP contribution >= 0.6 is 11.6 Å².